The number of ether oxygens (including phenoxy) is 1. The third-order valence-corrected chi connectivity index (χ3v) is 3.70. The van der Waals surface area contributed by atoms with Gasteiger partial charge in [0.1, 0.15) is 11.5 Å². The van der Waals surface area contributed by atoms with Gasteiger partial charge in [0.15, 0.2) is 5.96 Å². The molecule has 1 heterocycles. The number of aliphatic imine (C=N–C) groups is 1. The van der Waals surface area contributed by atoms with E-state index in [4.69, 9.17) is 9.15 Å². The predicted octanol–water partition coefficient (Wildman–Crippen LogP) is 3.54. The van der Waals surface area contributed by atoms with Gasteiger partial charge in [0.05, 0.1) is 12.9 Å². The van der Waals surface area contributed by atoms with Gasteiger partial charge in [-0.3, -0.25) is 4.99 Å². The maximum absolute atomic E-state index is 5.73. The lowest BCUT2D eigenvalue weighted by Gasteiger charge is -2.10. The molecule has 1 aromatic carbocycles. The predicted molar refractivity (Wildman–Crippen MR) is 102 cm³/mol. The highest BCUT2D eigenvalue weighted by atomic mass is 16.5. The molecule has 0 spiro atoms. The molecule has 0 amide bonds. The summed E-state index contributed by atoms with van der Waals surface area (Å²) in [5, 5.41) is 6.59. The average molecular weight is 343 g/mol. The van der Waals surface area contributed by atoms with Crippen LogP contribution in [0.1, 0.15) is 31.1 Å². The maximum atomic E-state index is 5.73. The largest absolute Gasteiger partial charge is 0.494 e. The van der Waals surface area contributed by atoms with Crippen LogP contribution in [-0.2, 0) is 6.42 Å². The average Bonchev–Trinajstić information content (AvgIpc) is 3.13. The van der Waals surface area contributed by atoms with Gasteiger partial charge in [0.2, 0.25) is 0 Å². The summed E-state index contributed by atoms with van der Waals surface area (Å²) < 4.78 is 11.1. The van der Waals surface area contributed by atoms with E-state index in [0.29, 0.717) is 0 Å². The Hall–Kier alpha value is -2.43. The smallest absolute Gasteiger partial charge is 0.191 e. The SMILES string of the molecule is CCNC(=NCCCCOc1ccc(C)cc1)NCCc1ccco1. The molecule has 0 aliphatic rings. The van der Waals surface area contributed by atoms with E-state index >= 15 is 0 Å². The summed E-state index contributed by atoms with van der Waals surface area (Å²) in [4.78, 5) is 4.60. The monoisotopic (exact) mass is 343 g/mol. The molecule has 25 heavy (non-hydrogen) atoms. The van der Waals surface area contributed by atoms with E-state index in [0.717, 1.165) is 63.0 Å². The summed E-state index contributed by atoms with van der Waals surface area (Å²) in [5.74, 6) is 2.77. The maximum Gasteiger partial charge on any atom is 0.191 e. The molecule has 0 aliphatic carbocycles. The molecule has 1 aromatic heterocycles. The van der Waals surface area contributed by atoms with E-state index in [1.807, 2.05) is 24.3 Å². The number of rotatable bonds is 10. The van der Waals surface area contributed by atoms with Crippen molar-refractivity contribution in [3.63, 3.8) is 0 Å². The van der Waals surface area contributed by atoms with Crippen LogP contribution in [0, 0.1) is 6.92 Å². The molecule has 0 bridgehead atoms. The first kappa shape index (κ1) is 18.9. The van der Waals surface area contributed by atoms with Crippen molar-refractivity contribution in [1.29, 1.82) is 0 Å². The van der Waals surface area contributed by atoms with E-state index in [1.54, 1.807) is 6.26 Å². The van der Waals surface area contributed by atoms with Crippen molar-refractivity contribution in [3.8, 4) is 5.75 Å². The first-order chi connectivity index (χ1) is 12.3. The second-order valence-electron chi connectivity index (χ2n) is 5.89. The number of hydrogen-bond donors (Lipinski definition) is 2. The Morgan fingerprint density at radius 2 is 1.96 bits per heavy atom. The molecule has 0 saturated heterocycles. The van der Waals surface area contributed by atoms with Crippen molar-refractivity contribution in [2.45, 2.75) is 33.1 Å². The Morgan fingerprint density at radius 3 is 2.68 bits per heavy atom. The van der Waals surface area contributed by atoms with Crippen LogP contribution in [-0.4, -0.2) is 32.2 Å². The highest BCUT2D eigenvalue weighted by Gasteiger charge is 1.99. The Bertz CT molecular complexity index is 606. The van der Waals surface area contributed by atoms with Gasteiger partial charge in [-0.15, -0.1) is 0 Å². The third-order valence-electron chi connectivity index (χ3n) is 3.70. The molecule has 0 aliphatic heterocycles. The molecule has 0 unspecified atom stereocenters. The zero-order valence-corrected chi connectivity index (χ0v) is 15.3. The summed E-state index contributed by atoms with van der Waals surface area (Å²) in [7, 11) is 0. The molecule has 5 nitrogen and oxygen atoms in total. The zero-order valence-electron chi connectivity index (χ0n) is 15.3. The van der Waals surface area contributed by atoms with Gasteiger partial charge in [0.25, 0.3) is 0 Å². The Morgan fingerprint density at radius 1 is 1.12 bits per heavy atom. The minimum atomic E-state index is 0.723. The van der Waals surface area contributed by atoms with Gasteiger partial charge in [0, 0.05) is 26.1 Å². The minimum absolute atomic E-state index is 0.723. The second kappa shape index (κ2) is 11.2. The fourth-order valence-electron chi connectivity index (χ4n) is 2.33. The zero-order chi connectivity index (χ0) is 17.7. The van der Waals surface area contributed by atoms with Gasteiger partial charge in [-0.25, -0.2) is 0 Å². The third kappa shape index (κ3) is 7.79. The lowest BCUT2D eigenvalue weighted by molar-refractivity contribution is 0.308. The molecule has 5 heteroatoms. The molecule has 0 atom stereocenters. The quantitative estimate of drug-likeness (QED) is 0.393. The van der Waals surface area contributed by atoms with Gasteiger partial charge in [-0.1, -0.05) is 17.7 Å². The van der Waals surface area contributed by atoms with Crippen LogP contribution in [0.5, 0.6) is 5.75 Å². The van der Waals surface area contributed by atoms with Crippen LogP contribution < -0.4 is 15.4 Å². The molecule has 0 fully saturated rings. The van der Waals surface area contributed by atoms with Gasteiger partial charge in [-0.2, -0.15) is 0 Å². The van der Waals surface area contributed by atoms with Crippen LogP contribution >= 0.6 is 0 Å². The normalized spacial score (nSPS) is 11.4. The topological polar surface area (TPSA) is 58.8 Å². The Labute approximate surface area is 150 Å². The van der Waals surface area contributed by atoms with E-state index in [1.165, 1.54) is 5.56 Å². The lowest BCUT2D eigenvalue weighted by Crippen LogP contribution is -2.38. The van der Waals surface area contributed by atoms with E-state index in [9.17, 15) is 0 Å². The summed E-state index contributed by atoms with van der Waals surface area (Å²) >= 11 is 0. The Balaban J connectivity index is 1.60. The van der Waals surface area contributed by atoms with Crippen LogP contribution in [0.25, 0.3) is 0 Å². The van der Waals surface area contributed by atoms with E-state index in [2.05, 4.69) is 41.6 Å². The van der Waals surface area contributed by atoms with Crippen molar-refractivity contribution in [1.82, 2.24) is 10.6 Å². The van der Waals surface area contributed by atoms with Crippen LogP contribution in [0.4, 0.5) is 0 Å². The van der Waals surface area contributed by atoms with Crippen LogP contribution in [0.15, 0.2) is 52.1 Å². The van der Waals surface area contributed by atoms with Crippen molar-refractivity contribution in [2.24, 2.45) is 4.99 Å². The first-order valence-corrected chi connectivity index (χ1v) is 9.02. The molecule has 2 N–H and O–H groups in total. The number of benzene rings is 1. The molecule has 0 radical (unpaired) electrons. The molecule has 2 rings (SSSR count). The van der Waals surface area contributed by atoms with Crippen LogP contribution in [0.2, 0.25) is 0 Å². The lowest BCUT2D eigenvalue weighted by atomic mass is 10.2. The number of unbranched alkanes of at least 4 members (excludes halogenated alkanes) is 1. The fourth-order valence-corrected chi connectivity index (χ4v) is 2.33. The van der Waals surface area contributed by atoms with E-state index < -0.39 is 0 Å². The Kier molecular flexibility index (Phi) is 8.45. The molecular formula is C20H29N3O2. The van der Waals surface area contributed by atoms with Gasteiger partial charge in [-0.05, 0) is 51.0 Å². The standard InChI is InChI=1S/C20H29N3O2/c1-3-21-20(23-14-12-18-7-6-16-25-18)22-13-4-5-15-24-19-10-8-17(2)9-11-19/h6-11,16H,3-5,12-15H2,1-2H3,(H2,21,22,23). The van der Waals surface area contributed by atoms with E-state index in [-0.39, 0.29) is 0 Å². The summed E-state index contributed by atoms with van der Waals surface area (Å²) in [6, 6.07) is 12.1. The molecule has 136 valence electrons. The number of nitrogens with one attached hydrogen (secondary N) is 2. The number of nitrogens with zero attached hydrogens (tertiary/aromatic N) is 1. The number of guanidine groups is 1. The summed E-state index contributed by atoms with van der Waals surface area (Å²) in [6.45, 7) is 7.30. The van der Waals surface area contributed by atoms with Gasteiger partial charge < -0.3 is 19.8 Å². The van der Waals surface area contributed by atoms with Crippen molar-refractivity contribution in [3.05, 3.63) is 54.0 Å². The van der Waals surface area contributed by atoms with Crippen LogP contribution in [0.3, 0.4) is 0 Å². The van der Waals surface area contributed by atoms with Crippen molar-refractivity contribution < 1.29 is 9.15 Å². The van der Waals surface area contributed by atoms with Gasteiger partial charge >= 0.3 is 0 Å². The summed E-state index contributed by atoms with van der Waals surface area (Å²) in [6.07, 6.45) is 4.54. The summed E-state index contributed by atoms with van der Waals surface area (Å²) in [5.41, 5.74) is 1.25. The number of aryl methyl sites for hydroxylation is 1. The fraction of sp³-hybridized carbons (Fsp3) is 0.450. The highest BCUT2D eigenvalue weighted by Crippen LogP contribution is 2.11. The molecule has 0 saturated carbocycles. The number of furan rings is 1. The highest BCUT2D eigenvalue weighted by molar-refractivity contribution is 5.79. The second-order valence-corrected chi connectivity index (χ2v) is 5.89. The number of hydrogen-bond acceptors (Lipinski definition) is 3. The molecule has 2 aromatic rings. The minimum Gasteiger partial charge on any atom is -0.494 e. The van der Waals surface area contributed by atoms with Crippen molar-refractivity contribution in [2.75, 3.05) is 26.2 Å². The first-order valence-electron chi connectivity index (χ1n) is 9.02. The molecular weight excluding hydrogens is 314 g/mol. The van der Waals surface area contributed by atoms with Crippen molar-refractivity contribution >= 4 is 5.96 Å².